The van der Waals surface area contributed by atoms with Crippen molar-refractivity contribution in [2.45, 2.75) is 19.0 Å². The summed E-state index contributed by atoms with van der Waals surface area (Å²) in [6.45, 7) is 2.70. The van der Waals surface area contributed by atoms with Gasteiger partial charge < -0.3 is 14.9 Å². The largest absolute Gasteiger partial charge is 0.508 e. The molecule has 1 heterocycles. The van der Waals surface area contributed by atoms with E-state index in [1.54, 1.807) is 11.8 Å². The van der Waals surface area contributed by atoms with E-state index >= 15 is 0 Å². The van der Waals surface area contributed by atoms with Crippen molar-refractivity contribution in [2.75, 3.05) is 19.8 Å². The van der Waals surface area contributed by atoms with Gasteiger partial charge in [-0.15, -0.1) is 0 Å². The lowest BCUT2D eigenvalue weighted by molar-refractivity contribution is -0.151. The summed E-state index contributed by atoms with van der Waals surface area (Å²) in [5.41, 5.74) is 0.367. The van der Waals surface area contributed by atoms with Gasteiger partial charge in [-0.3, -0.25) is 9.69 Å². The highest BCUT2D eigenvalue weighted by atomic mass is 19.1. The lowest BCUT2D eigenvalue weighted by Crippen LogP contribution is -2.50. The maximum Gasteiger partial charge on any atom is 0.323 e. The number of halogens is 1. The summed E-state index contributed by atoms with van der Waals surface area (Å²) in [5.74, 6) is -1.67. The molecule has 1 aliphatic rings. The Balaban J connectivity index is 2.25. The average Bonchev–Trinajstić information content (AvgIpc) is 2.38. The van der Waals surface area contributed by atoms with Crippen molar-refractivity contribution in [3.63, 3.8) is 0 Å². The fourth-order valence-corrected chi connectivity index (χ4v) is 2.33. The zero-order chi connectivity index (χ0) is 14.0. The Morgan fingerprint density at radius 2 is 2.32 bits per heavy atom. The van der Waals surface area contributed by atoms with E-state index < -0.39 is 23.9 Å². The highest BCUT2D eigenvalue weighted by molar-refractivity contribution is 5.73. The molecule has 1 aromatic rings. The number of aromatic hydroxyl groups is 1. The minimum Gasteiger partial charge on any atom is -0.508 e. The number of carboxylic acids is 1. The van der Waals surface area contributed by atoms with E-state index in [0.717, 1.165) is 6.07 Å². The molecule has 2 atom stereocenters. The maximum absolute atomic E-state index is 13.8. The minimum atomic E-state index is -0.981. The number of phenols is 1. The molecule has 0 radical (unpaired) electrons. The van der Waals surface area contributed by atoms with Crippen molar-refractivity contribution in [1.29, 1.82) is 0 Å². The molecule has 2 unspecified atom stereocenters. The Kier molecular flexibility index (Phi) is 4.01. The summed E-state index contributed by atoms with van der Waals surface area (Å²) < 4.78 is 19.0. The van der Waals surface area contributed by atoms with E-state index in [2.05, 4.69) is 0 Å². The van der Waals surface area contributed by atoms with Crippen molar-refractivity contribution in [1.82, 2.24) is 4.90 Å². The summed E-state index contributed by atoms with van der Waals surface area (Å²) in [4.78, 5) is 12.9. The first-order valence-corrected chi connectivity index (χ1v) is 6.05. The van der Waals surface area contributed by atoms with E-state index in [0.29, 0.717) is 18.7 Å². The number of morpholine rings is 1. The standard InChI is InChI=1S/C13H16FNO4/c1-8(10-3-2-9(16)6-11(10)14)15-4-5-19-7-12(15)13(17)18/h2-3,6,8,12,16H,4-5,7H2,1H3,(H,17,18). The Morgan fingerprint density at radius 3 is 2.95 bits per heavy atom. The van der Waals surface area contributed by atoms with Crippen LogP contribution >= 0.6 is 0 Å². The zero-order valence-corrected chi connectivity index (χ0v) is 10.5. The van der Waals surface area contributed by atoms with Gasteiger partial charge in [-0.2, -0.15) is 0 Å². The molecule has 0 aliphatic carbocycles. The Bertz CT molecular complexity index is 480. The second-order valence-electron chi connectivity index (χ2n) is 4.55. The normalized spacial score (nSPS) is 22.1. The molecule has 0 spiro atoms. The topological polar surface area (TPSA) is 70.0 Å². The van der Waals surface area contributed by atoms with Gasteiger partial charge in [-0.25, -0.2) is 4.39 Å². The fraction of sp³-hybridized carbons (Fsp3) is 0.462. The fourth-order valence-electron chi connectivity index (χ4n) is 2.33. The van der Waals surface area contributed by atoms with Gasteiger partial charge in [0.05, 0.1) is 13.2 Å². The van der Waals surface area contributed by atoms with Crippen LogP contribution in [0.5, 0.6) is 5.75 Å². The molecular weight excluding hydrogens is 253 g/mol. The number of rotatable bonds is 3. The third kappa shape index (κ3) is 2.85. The second kappa shape index (κ2) is 5.54. The van der Waals surface area contributed by atoms with Gasteiger partial charge in [-0.05, 0) is 13.0 Å². The molecule has 104 valence electrons. The Hall–Kier alpha value is -1.66. The van der Waals surface area contributed by atoms with Crippen LogP contribution in [0, 0.1) is 5.82 Å². The van der Waals surface area contributed by atoms with Crippen molar-refractivity contribution in [3.05, 3.63) is 29.6 Å². The van der Waals surface area contributed by atoms with Gasteiger partial charge >= 0.3 is 5.97 Å². The highest BCUT2D eigenvalue weighted by Gasteiger charge is 2.33. The van der Waals surface area contributed by atoms with Gasteiger partial charge in [0.25, 0.3) is 0 Å². The first-order chi connectivity index (χ1) is 9.00. The number of ether oxygens (including phenoxy) is 1. The maximum atomic E-state index is 13.8. The number of hydrogen-bond acceptors (Lipinski definition) is 4. The van der Waals surface area contributed by atoms with E-state index in [1.807, 2.05) is 0 Å². The summed E-state index contributed by atoms with van der Waals surface area (Å²) in [6, 6.07) is 2.72. The van der Waals surface area contributed by atoms with Crippen molar-refractivity contribution < 1.29 is 24.1 Å². The van der Waals surface area contributed by atoms with Crippen LogP contribution in [0.2, 0.25) is 0 Å². The van der Waals surface area contributed by atoms with Crippen LogP contribution in [-0.2, 0) is 9.53 Å². The zero-order valence-electron chi connectivity index (χ0n) is 10.5. The first-order valence-electron chi connectivity index (χ1n) is 6.05. The van der Waals surface area contributed by atoms with Gasteiger partial charge in [0.1, 0.15) is 17.6 Å². The van der Waals surface area contributed by atoms with Crippen molar-refractivity contribution in [3.8, 4) is 5.75 Å². The third-order valence-electron chi connectivity index (χ3n) is 3.39. The third-order valence-corrected chi connectivity index (χ3v) is 3.39. The molecule has 2 N–H and O–H groups in total. The second-order valence-corrected chi connectivity index (χ2v) is 4.55. The molecule has 19 heavy (non-hydrogen) atoms. The summed E-state index contributed by atoms with van der Waals surface area (Å²) in [7, 11) is 0. The van der Waals surface area contributed by atoms with E-state index in [1.165, 1.54) is 12.1 Å². The van der Waals surface area contributed by atoms with Crippen LogP contribution in [-0.4, -0.2) is 46.9 Å². The number of nitrogens with zero attached hydrogens (tertiary/aromatic N) is 1. The van der Waals surface area contributed by atoms with Crippen LogP contribution in [0.1, 0.15) is 18.5 Å². The molecule has 2 rings (SSSR count). The number of hydrogen-bond donors (Lipinski definition) is 2. The summed E-state index contributed by atoms with van der Waals surface area (Å²) in [6.07, 6.45) is 0. The SMILES string of the molecule is CC(c1ccc(O)cc1F)N1CCOCC1C(=O)O. The predicted molar refractivity (Wildman–Crippen MR) is 65.4 cm³/mol. The number of carbonyl (C=O) groups is 1. The summed E-state index contributed by atoms with van der Waals surface area (Å²) >= 11 is 0. The van der Waals surface area contributed by atoms with Crippen LogP contribution in [0.4, 0.5) is 4.39 Å². The molecule has 1 aliphatic heterocycles. The predicted octanol–water partition coefficient (Wildman–Crippen LogP) is 1.38. The molecule has 0 aromatic heterocycles. The number of phenolic OH excluding ortho intramolecular Hbond substituents is 1. The molecule has 5 nitrogen and oxygen atoms in total. The molecule has 0 bridgehead atoms. The molecule has 0 amide bonds. The van der Waals surface area contributed by atoms with Crippen molar-refractivity contribution >= 4 is 5.97 Å². The average molecular weight is 269 g/mol. The molecular formula is C13H16FNO4. The van der Waals surface area contributed by atoms with E-state index in [9.17, 15) is 14.3 Å². The van der Waals surface area contributed by atoms with Gasteiger partial charge in [0.15, 0.2) is 0 Å². The van der Waals surface area contributed by atoms with Crippen LogP contribution in [0.3, 0.4) is 0 Å². The van der Waals surface area contributed by atoms with Crippen molar-refractivity contribution in [2.24, 2.45) is 0 Å². The van der Waals surface area contributed by atoms with Crippen LogP contribution in [0.15, 0.2) is 18.2 Å². The molecule has 0 saturated carbocycles. The smallest absolute Gasteiger partial charge is 0.323 e. The number of benzene rings is 1. The first kappa shape index (κ1) is 13.8. The van der Waals surface area contributed by atoms with Gasteiger partial charge in [0, 0.05) is 24.2 Å². The monoisotopic (exact) mass is 269 g/mol. The quantitative estimate of drug-likeness (QED) is 0.867. The molecule has 1 saturated heterocycles. The lowest BCUT2D eigenvalue weighted by Gasteiger charge is -2.37. The molecule has 6 heteroatoms. The molecule has 1 aromatic carbocycles. The van der Waals surface area contributed by atoms with Crippen LogP contribution < -0.4 is 0 Å². The number of aliphatic carboxylic acids is 1. The van der Waals surface area contributed by atoms with E-state index in [-0.39, 0.29) is 12.4 Å². The van der Waals surface area contributed by atoms with Crippen LogP contribution in [0.25, 0.3) is 0 Å². The summed E-state index contributed by atoms with van der Waals surface area (Å²) in [5, 5.41) is 18.4. The van der Waals surface area contributed by atoms with Gasteiger partial charge in [0.2, 0.25) is 0 Å². The Labute approximate surface area is 110 Å². The minimum absolute atomic E-state index is 0.0966. The van der Waals surface area contributed by atoms with E-state index in [4.69, 9.17) is 9.84 Å². The van der Waals surface area contributed by atoms with Gasteiger partial charge in [-0.1, -0.05) is 6.07 Å². The highest BCUT2D eigenvalue weighted by Crippen LogP contribution is 2.28. The Morgan fingerprint density at radius 1 is 1.58 bits per heavy atom. The number of carboxylic acid groups (broad SMARTS) is 1. The lowest BCUT2D eigenvalue weighted by atomic mass is 10.0. The molecule has 1 fully saturated rings.